The van der Waals surface area contributed by atoms with Gasteiger partial charge in [-0.1, -0.05) is 26.8 Å². The van der Waals surface area contributed by atoms with Gasteiger partial charge in [-0.15, -0.1) is 60.0 Å². The van der Waals surface area contributed by atoms with E-state index in [0.29, 0.717) is 0 Å². The van der Waals surface area contributed by atoms with Crippen LogP contribution in [0.2, 0.25) is 19.6 Å². The smallest absolute Gasteiger partial charge is 0.0809 e. The van der Waals surface area contributed by atoms with Crippen LogP contribution >= 0.6 is 24.8 Å². The fourth-order valence-electron chi connectivity index (χ4n) is 1.07. The first kappa shape index (κ1) is 41.0. The zero-order valence-corrected chi connectivity index (χ0v) is 22.4. The molecular weight excluding hydrogens is 437 g/mol. The Morgan fingerprint density at radius 2 is 1.31 bits per heavy atom. The second-order valence-electron chi connectivity index (χ2n) is 6.58. The number of nitrogens with one attached hydrogen (secondary N) is 1. The molecule has 26 heavy (non-hydrogen) atoms. The predicted molar refractivity (Wildman–Crippen MR) is 124 cm³/mol. The number of benzene rings is 1. The van der Waals surface area contributed by atoms with E-state index in [2.05, 4.69) is 50.1 Å². The second-order valence-corrected chi connectivity index (χ2v) is 10.9. The van der Waals surface area contributed by atoms with E-state index in [1.54, 1.807) is 19.2 Å². The molecule has 0 aromatic heterocycles. The van der Waals surface area contributed by atoms with Gasteiger partial charge in [-0.3, -0.25) is 0 Å². The summed E-state index contributed by atoms with van der Waals surface area (Å²) in [6, 6.07) is 14.7. The molecule has 3 N–H and O–H groups in total. The van der Waals surface area contributed by atoms with Gasteiger partial charge in [0.05, 0.1) is 0 Å². The van der Waals surface area contributed by atoms with Crippen molar-refractivity contribution < 1.29 is 29.1 Å². The van der Waals surface area contributed by atoms with Crippen molar-refractivity contribution in [2.75, 3.05) is 7.11 Å². The Balaban J connectivity index is -0.0000000526. The summed E-state index contributed by atoms with van der Waals surface area (Å²) in [4.78, 5) is 8.66. The molecule has 2 aromatic rings. The maximum Gasteiger partial charge on any atom is -0.0809 e. The van der Waals surface area contributed by atoms with Crippen molar-refractivity contribution in [3.05, 3.63) is 55.6 Å². The normalized spacial score (nSPS) is 8.50. The van der Waals surface area contributed by atoms with Gasteiger partial charge in [-0.2, -0.15) is 17.5 Å². The molecule has 0 aliphatic heterocycles. The van der Waals surface area contributed by atoms with Gasteiger partial charge in [-0.25, -0.2) is 0 Å². The molecule has 154 valence electrons. The number of hydrogen-bond acceptors (Lipinski definition) is 2. The number of halogens is 2. The SMILES string of the molecule is CC(C)(C)[NH-].CO.C[Si](C)(C)O.Cl.Cl.[CH3-].[Si]=[Ti].c1ccc2[cH-]ccc2c1. The quantitative estimate of drug-likeness (QED) is 0.379. The van der Waals surface area contributed by atoms with Crippen molar-refractivity contribution in [2.45, 2.75) is 46.0 Å². The molecular formula is C18H36Cl2NO2Si2Ti-3. The topological polar surface area (TPSA) is 64.3 Å². The van der Waals surface area contributed by atoms with E-state index in [4.69, 9.17) is 15.6 Å². The largest absolute Gasteiger partial charge is 0.168 e. The summed E-state index contributed by atoms with van der Waals surface area (Å²) in [6.07, 6.45) is 0. The Morgan fingerprint density at radius 1 is 1.00 bits per heavy atom. The minimum atomic E-state index is -1.61. The number of rotatable bonds is 0. The Kier molecular flexibility index (Phi) is 37.0. The third-order valence-corrected chi connectivity index (χ3v) is 1.55. The fourth-order valence-corrected chi connectivity index (χ4v) is 1.07. The van der Waals surface area contributed by atoms with Gasteiger partial charge in [0, 0.05) is 7.11 Å². The van der Waals surface area contributed by atoms with E-state index in [-0.39, 0.29) is 37.8 Å². The summed E-state index contributed by atoms with van der Waals surface area (Å²) < 4.78 is 0. The van der Waals surface area contributed by atoms with E-state index in [1.807, 2.05) is 40.4 Å². The first-order chi connectivity index (χ1) is 10.5. The van der Waals surface area contributed by atoms with E-state index in [1.165, 1.54) is 10.8 Å². The minimum absolute atomic E-state index is 0. The van der Waals surface area contributed by atoms with E-state index >= 15 is 0 Å². The molecule has 0 saturated carbocycles. The van der Waals surface area contributed by atoms with Crippen LogP contribution in [-0.2, 0) is 19.2 Å². The first-order valence-electron chi connectivity index (χ1n) is 7.24. The predicted octanol–water partition coefficient (Wildman–Crippen LogP) is 5.73. The van der Waals surface area contributed by atoms with Gasteiger partial charge in [-0.05, 0) is 19.6 Å². The van der Waals surface area contributed by atoms with Crippen LogP contribution in [0, 0.1) is 7.43 Å². The third kappa shape index (κ3) is 44.1. The molecule has 2 radical (unpaired) electrons. The van der Waals surface area contributed by atoms with Crippen LogP contribution in [0.1, 0.15) is 20.8 Å². The average Bonchev–Trinajstić information content (AvgIpc) is 2.88. The molecule has 0 fully saturated rings. The van der Waals surface area contributed by atoms with Crippen molar-refractivity contribution in [3.63, 3.8) is 0 Å². The second kappa shape index (κ2) is 23.5. The van der Waals surface area contributed by atoms with Gasteiger partial charge in [0.2, 0.25) is 0 Å². The zero-order chi connectivity index (χ0) is 19.1. The van der Waals surface area contributed by atoms with Crippen LogP contribution in [0.25, 0.3) is 16.5 Å². The van der Waals surface area contributed by atoms with Crippen LogP contribution in [0.5, 0.6) is 0 Å². The number of aliphatic hydroxyl groups is 1. The fraction of sp³-hybridized carbons (Fsp3) is 0.444. The number of hydrogen-bond donors (Lipinski definition) is 2. The van der Waals surface area contributed by atoms with E-state index in [0.717, 1.165) is 7.11 Å². The van der Waals surface area contributed by atoms with Crippen LogP contribution < -0.4 is 0 Å². The van der Waals surface area contributed by atoms with Gasteiger partial charge in [0.1, 0.15) is 0 Å². The van der Waals surface area contributed by atoms with Crippen molar-refractivity contribution in [1.82, 2.24) is 0 Å². The van der Waals surface area contributed by atoms with Gasteiger partial charge in [0.15, 0.2) is 8.32 Å². The van der Waals surface area contributed by atoms with Gasteiger partial charge in [0.25, 0.3) is 0 Å². The van der Waals surface area contributed by atoms with Gasteiger partial charge < -0.3 is 23.1 Å². The first-order valence-corrected chi connectivity index (χ1v) is 13.5. The van der Waals surface area contributed by atoms with Crippen molar-refractivity contribution in [1.29, 1.82) is 0 Å². The van der Waals surface area contributed by atoms with Crippen LogP contribution in [-0.4, -0.2) is 38.5 Å². The summed E-state index contributed by atoms with van der Waals surface area (Å²) >= 11 is 1.81. The molecule has 0 heterocycles. The Bertz CT molecular complexity index is 447. The van der Waals surface area contributed by atoms with E-state index < -0.39 is 8.32 Å². The molecule has 0 aliphatic carbocycles. The summed E-state index contributed by atoms with van der Waals surface area (Å²) in [5.41, 5.74) is 6.69. The van der Waals surface area contributed by atoms with Gasteiger partial charge >= 0.3 is 26.8 Å². The Morgan fingerprint density at radius 3 is 1.62 bits per heavy atom. The van der Waals surface area contributed by atoms with Crippen molar-refractivity contribution in [2.24, 2.45) is 0 Å². The molecule has 0 aliphatic rings. The standard InChI is InChI=1S/C9H7.C4H10N.C3H10OSi.CH4O.CH3.2ClH.Si.Ti/c1-2-5-9-7-3-6-8(9)4-1;1-4(2,3)5;1-5(2,3)4;1-2;;;;;/h1-7H;5H,1-3H3;4H,1-3H3;2H,1H3;1H3;2*1H;;/q2*-1;;;-1;;;;. The maximum atomic E-state index is 8.66. The Labute approximate surface area is 188 Å². The summed E-state index contributed by atoms with van der Waals surface area (Å²) in [5, 5.41) is 9.66. The van der Waals surface area contributed by atoms with Crippen LogP contribution in [0.15, 0.2) is 42.5 Å². The van der Waals surface area contributed by atoms with E-state index in [9.17, 15) is 0 Å². The Hall–Kier alpha value is 0.438. The molecule has 0 unspecified atom stereocenters. The summed E-state index contributed by atoms with van der Waals surface area (Å²) in [6.45, 7) is 11.2. The molecule has 2 aromatic carbocycles. The molecule has 0 bridgehead atoms. The van der Waals surface area contributed by atoms with Crippen molar-refractivity contribution in [3.8, 4) is 0 Å². The molecule has 0 atom stereocenters. The summed E-state index contributed by atoms with van der Waals surface area (Å²) in [7, 11) is 2.36. The van der Waals surface area contributed by atoms with Crippen LogP contribution in [0.3, 0.4) is 0 Å². The van der Waals surface area contributed by atoms with Crippen molar-refractivity contribution >= 4 is 51.5 Å². The molecule has 3 nitrogen and oxygen atoms in total. The number of fused-ring (bicyclic) bond motifs is 1. The third-order valence-electron chi connectivity index (χ3n) is 1.55. The molecule has 0 saturated heterocycles. The minimum Gasteiger partial charge on any atom is -0.168 e. The molecule has 2 rings (SSSR count). The summed E-state index contributed by atoms with van der Waals surface area (Å²) in [5.74, 6) is 0. The maximum absolute atomic E-state index is 8.66. The molecule has 0 spiro atoms. The molecule has 0 amide bonds. The van der Waals surface area contributed by atoms with Crippen LogP contribution in [0.4, 0.5) is 0 Å². The monoisotopic (exact) mass is 472 g/mol. The average molecular weight is 473 g/mol. The molecule has 8 heteroatoms. The zero-order valence-electron chi connectivity index (χ0n) is 17.3. The number of aliphatic hydroxyl groups excluding tert-OH is 1.